The summed E-state index contributed by atoms with van der Waals surface area (Å²) in [6, 6.07) is 16.0. The molecule has 1 amide bonds. The van der Waals surface area contributed by atoms with Gasteiger partial charge in [0.1, 0.15) is 5.82 Å². The molecular weight excluding hydrogens is 517 g/mol. The zero-order chi connectivity index (χ0) is 27.5. The largest absolute Gasteiger partial charge is 0.478 e. The number of nitrogens with zero attached hydrogens (tertiary/aromatic N) is 3. The molecule has 5 rings (SSSR count). The first-order valence-electron chi connectivity index (χ1n) is 13.0. The zero-order valence-corrected chi connectivity index (χ0v) is 22.4. The predicted molar refractivity (Wildman–Crippen MR) is 152 cm³/mol. The van der Waals surface area contributed by atoms with Gasteiger partial charge in [0, 0.05) is 35.1 Å². The Morgan fingerprint density at radius 2 is 1.82 bits per heavy atom. The fourth-order valence-electron chi connectivity index (χ4n) is 5.25. The molecule has 200 valence electrons. The average molecular weight is 546 g/mol. The predicted octanol–water partition coefficient (Wildman–Crippen LogP) is 7.24. The lowest BCUT2D eigenvalue weighted by Gasteiger charge is -2.30. The highest BCUT2D eigenvalue weighted by molar-refractivity contribution is 6.31. The number of rotatable bonds is 7. The van der Waals surface area contributed by atoms with Crippen molar-refractivity contribution < 1.29 is 19.1 Å². The van der Waals surface area contributed by atoms with Crippen LogP contribution in [0.2, 0.25) is 5.02 Å². The van der Waals surface area contributed by atoms with Gasteiger partial charge in [-0.1, -0.05) is 49.1 Å². The summed E-state index contributed by atoms with van der Waals surface area (Å²) in [5.41, 5.74) is 4.44. The lowest BCUT2D eigenvalue weighted by atomic mass is 9.88. The Kier molecular flexibility index (Phi) is 7.79. The number of aryl methyl sites for hydroxylation is 1. The Bertz CT molecular complexity index is 1570. The molecule has 39 heavy (non-hydrogen) atoms. The van der Waals surface area contributed by atoms with Gasteiger partial charge in [-0.25, -0.2) is 9.18 Å². The van der Waals surface area contributed by atoms with E-state index >= 15 is 0 Å². The van der Waals surface area contributed by atoms with E-state index in [1.807, 2.05) is 48.3 Å². The summed E-state index contributed by atoms with van der Waals surface area (Å²) in [6.07, 6.45) is 8.74. The summed E-state index contributed by atoms with van der Waals surface area (Å²) >= 11 is 6.77. The molecule has 0 bridgehead atoms. The van der Waals surface area contributed by atoms with Gasteiger partial charge in [0.05, 0.1) is 18.3 Å². The fraction of sp³-hybridized carbons (Fsp3) is 0.258. The minimum Gasteiger partial charge on any atom is -0.478 e. The quantitative estimate of drug-likeness (QED) is 0.248. The first kappa shape index (κ1) is 26.6. The van der Waals surface area contributed by atoms with Crippen LogP contribution in [0.25, 0.3) is 28.1 Å². The van der Waals surface area contributed by atoms with Crippen molar-refractivity contribution in [1.82, 2.24) is 9.78 Å². The highest BCUT2D eigenvalue weighted by Gasteiger charge is 2.28. The molecule has 1 aromatic heterocycles. The first-order chi connectivity index (χ1) is 18.8. The zero-order valence-electron chi connectivity index (χ0n) is 21.6. The van der Waals surface area contributed by atoms with E-state index in [9.17, 15) is 14.0 Å². The molecule has 4 aromatic rings. The van der Waals surface area contributed by atoms with E-state index < -0.39 is 11.8 Å². The molecule has 0 spiro atoms. The number of carbonyl (C=O) groups is 2. The van der Waals surface area contributed by atoms with Crippen LogP contribution < -0.4 is 4.90 Å². The molecule has 0 saturated heterocycles. The SMILES string of the molecule is Cn1ncc2cc(-c3ccc(CN(C(=O)C4CCCCC4)c4cc(F)cc(C=CC(=O)O)c4)c(Cl)c3)ccc21. The normalized spacial score (nSPS) is 14.2. The number of anilines is 1. The molecule has 0 radical (unpaired) electrons. The van der Waals surface area contributed by atoms with Gasteiger partial charge in [0.15, 0.2) is 0 Å². The van der Waals surface area contributed by atoms with Crippen LogP contribution in [0, 0.1) is 11.7 Å². The van der Waals surface area contributed by atoms with Crippen LogP contribution >= 0.6 is 11.6 Å². The van der Waals surface area contributed by atoms with Crippen molar-refractivity contribution in [1.29, 1.82) is 0 Å². The maximum atomic E-state index is 14.6. The average Bonchev–Trinajstić information content (AvgIpc) is 3.31. The molecule has 1 aliphatic carbocycles. The van der Waals surface area contributed by atoms with Gasteiger partial charge in [-0.2, -0.15) is 5.10 Å². The Balaban J connectivity index is 1.48. The Labute approximate surface area is 231 Å². The molecule has 1 aliphatic rings. The third kappa shape index (κ3) is 6.04. The molecule has 1 heterocycles. The number of carboxylic acids is 1. The van der Waals surface area contributed by atoms with Crippen molar-refractivity contribution in [3.8, 4) is 11.1 Å². The van der Waals surface area contributed by atoms with Crippen molar-refractivity contribution in [2.75, 3.05) is 4.90 Å². The van der Waals surface area contributed by atoms with Crippen LogP contribution in [0.15, 0.2) is 66.9 Å². The van der Waals surface area contributed by atoms with Gasteiger partial charge in [-0.15, -0.1) is 0 Å². The molecule has 0 aliphatic heterocycles. The Hall–Kier alpha value is -3.97. The Morgan fingerprint density at radius 3 is 2.56 bits per heavy atom. The second kappa shape index (κ2) is 11.4. The number of aromatic nitrogens is 2. The number of aliphatic carboxylic acids is 1. The van der Waals surface area contributed by atoms with Crippen LogP contribution in [0.4, 0.5) is 10.1 Å². The first-order valence-corrected chi connectivity index (χ1v) is 13.4. The van der Waals surface area contributed by atoms with Gasteiger partial charge >= 0.3 is 5.97 Å². The van der Waals surface area contributed by atoms with Gasteiger partial charge < -0.3 is 10.0 Å². The number of fused-ring (bicyclic) bond motifs is 1. The third-order valence-electron chi connectivity index (χ3n) is 7.32. The fourth-order valence-corrected chi connectivity index (χ4v) is 5.49. The molecule has 1 saturated carbocycles. The van der Waals surface area contributed by atoms with Crippen molar-refractivity contribution in [3.05, 3.63) is 88.8 Å². The van der Waals surface area contributed by atoms with Crippen LogP contribution in [-0.2, 0) is 23.2 Å². The highest BCUT2D eigenvalue weighted by Crippen LogP contribution is 2.33. The molecule has 0 unspecified atom stereocenters. The maximum Gasteiger partial charge on any atom is 0.328 e. The highest BCUT2D eigenvalue weighted by atomic mass is 35.5. The second-order valence-electron chi connectivity index (χ2n) is 10.0. The minimum atomic E-state index is -1.13. The lowest BCUT2D eigenvalue weighted by molar-refractivity contribution is -0.131. The summed E-state index contributed by atoms with van der Waals surface area (Å²) in [7, 11) is 1.90. The van der Waals surface area contributed by atoms with Crippen molar-refractivity contribution in [2.45, 2.75) is 38.6 Å². The van der Waals surface area contributed by atoms with E-state index in [4.69, 9.17) is 16.7 Å². The molecule has 3 aromatic carbocycles. The number of benzene rings is 3. The van der Waals surface area contributed by atoms with Gasteiger partial charge in [0.2, 0.25) is 5.91 Å². The third-order valence-corrected chi connectivity index (χ3v) is 7.67. The number of amides is 1. The molecular formula is C31H29ClFN3O3. The van der Waals surface area contributed by atoms with Crippen molar-refractivity contribution in [3.63, 3.8) is 0 Å². The Morgan fingerprint density at radius 1 is 1.08 bits per heavy atom. The standard InChI is InChI=1S/C31H29ClFN3O3/c1-35-29-11-10-22(15-25(29)18-34-35)23-8-9-24(28(32)16-23)19-36(31(39)21-5-3-2-4-6-21)27-14-20(7-12-30(37)38)13-26(33)17-27/h7-18,21H,2-6,19H2,1H3,(H,37,38). The molecule has 8 heteroatoms. The lowest BCUT2D eigenvalue weighted by Crippen LogP contribution is -2.37. The van der Waals surface area contributed by atoms with E-state index in [-0.39, 0.29) is 18.4 Å². The molecule has 1 fully saturated rings. The van der Waals surface area contributed by atoms with E-state index in [1.54, 1.807) is 11.0 Å². The van der Waals surface area contributed by atoms with Gasteiger partial charge in [-0.05, 0) is 77.6 Å². The monoisotopic (exact) mass is 545 g/mol. The van der Waals surface area contributed by atoms with E-state index in [2.05, 4.69) is 11.2 Å². The molecule has 0 atom stereocenters. The topological polar surface area (TPSA) is 75.4 Å². The van der Waals surface area contributed by atoms with Crippen LogP contribution in [0.1, 0.15) is 43.2 Å². The number of carbonyl (C=O) groups excluding carboxylic acids is 1. The van der Waals surface area contributed by atoms with Gasteiger partial charge in [-0.3, -0.25) is 9.48 Å². The van der Waals surface area contributed by atoms with Crippen LogP contribution in [0.3, 0.4) is 0 Å². The minimum absolute atomic E-state index is 0.0735. The maximum absolute atomic E-state index is 14.6. The van der Waals surface area contributed by atoms with Crippen LogP contribution in [0.5, 0.6) is 0 Å². The molecule has 6 nitrogen and oxygen atoms in total. The van der Waals surface area contributed by atoms with Gasteiger partial charge in [0.25, 0.3) is 0 Å². The number of halogens is 2. The second-order valence-corrected chi connectivity index (χ2v) is 10.4. The summed E-state index contributed by atoms with van der Waals surface area (Å²) in [6.45, 7) is 0.168. The van der Waals surface area contributed by atoms with E-state index in [0.717, 1.165) is 65.8 Å². The molecule has 1 N–H and O–H groups in total. The summed E-state index contributed by atoms with van der Waals surface area (Å²) in [4.78, 5) is 26.3. The van der Waals surface area contributed by atoms with Crippen molar-refractivity contribution in [2.24, 2.45) is 13.0 Å². The smallest absolute Gasteiger partial charge is 0.328 e. The van der Waals surface area contributed by atoms with E-state index in [0.29, 0.717) is 16.3 Å². The summed E-state index contributed by atoms with van der Waals surface area (Å²) < 4.78 is 16.5. The summed E-state index contributed by atoms with van der Waals surface area (Å²) in [5.74, 6) is -1.91. The number of hydrogen-bond donors (Lipinski definition) is 1. The summed E-state index contributed by atoms with van der Waals surface area (Å²) in [5, 5.41) is 14.8. The number of carboxylic acid groups (broad SMARTS) is 1. The number of hydrogen-bond acceptors (Lipinski definition) is 3. The van der Waals surface area contributed by atoms with E-state index in [1.165, 1.54) is 18.2 Å². The van der Waals surface area contributed by atoms with Crippen molar-refractivity contribution >= 4 is 46.1 Å². The van der Waals surface area contributed by atoms with Crippen LogP contribution in [-0.4, -0.2) is 26.8 Å².